The minimum Gasteiger partial charge on any atom is -0.465 e. The van der Waals surface area contributed by atoms with Crippen LogP contribution in [-0.4, -0.2) is 28.7 Å². The van der Waals surface area contributed by atoms with Crippen molar-refractivity contribution in [1.29, 1.82) is 0 Å². The highest BCUT2D eigenvalue weighted by atomic mass is 16.5. The third-order valence-electron chi connectivity index (χ3n) is 1.95. The van der Waals surface area contributed by atoms with Crippen molar-refractivity contribution in [3.8, 4) is 0 Å². The van der Waals surface area contributed by atoms with E-state index in [1.807, 2.05) is 0 Å². The smallest absolute Gasteiger partial charge is 0.325 e. The van der Waals surface area contributed by atoms with Crippen LogP contribution >= 0.6 is 0 Å². The summed E-state index contributed by atoms with van der Waals surface area (Å²) in [6, 6.07) is 2.14. The van der Waals surface area contributed by atoms with Gasteiger partial charge in [0.25, 0.3) is 0 Å². The molecule has 0 amide bonds. The van der Waals surface area contributed by atoms with Crippen LogP contribution in [0.15, 0.2) is 24.5 Å². The lowest BCUT2D eigenvalue weighted by Crippen LogP contribution is -2.38. The fraction of sp³-hybridized carbons (Fsp3) is 0.400. The van der Waals surface area contributed by atoms with Crippen molar-refractivity contribution in [3.05, 3.63) is 30.1 Å². The zero-order valence-electron chi connectivity index (χ0n) is 8.46. The quantitative estimate of drug-likeness (QED) is 0.683. The second-order valence-corrected chi connectivity index (χ2v) is 3.00. The van der Waals surface area contributed by atoms with Gasteiger partial charge in [0.05, 0.1) is 6.61 Å². The number of aromatic nitrogens is 1. The van der Waals surface area contributed by atoms with E-state index < -0.39 is 18.1 Å². The first-order valence-corrected chi connectivity index (χ1v) is 4.67. The van der Waals surface area contributed by atoms with Crippen LogP contribution in [0.1, 0.15) is 18.6 Å². The van der Waals surface area contributed by atoms with Gasteiger partial charge in [-0.3, -0.25) is 9.78 Å². The number of aliphatic hydroxyl groups is 1. The van der Waals surface area contributed by atoms with Crippen molar-refractivity contribution in [3.63, 3.8) is 0 Å². The minimum atomic E-state index is -1.06. The number of ether oxygens (including phenoxy) is 1. The largest absolute Gasteiger partial charge is 0.465 e. The standard InChI is InChI=1S/C10H14N2O3/c1-2-15-10(14)8(11)9(13)7-3-5-12-6-4-7/h3-6,8-9,13H,2,11H2,1H3/t8-,9-/m0/s1. The Kier molecular flexibility index (Phi) is 4.20. The Labute approximate surface area is 87.9 Å². The van der Waals surface area contributed by atoms with Crippen LogP contribution in [0.2, 0.25) is 0 Å². The van der Waals surface area contributed by atoms with Gasteiger partial charge < -0.3 is 15.6 Å². The molecule has 0 aliphatic carbocycles. The Morgan fingerprint density at radius 3 is 2.73 bits per heavy atom. The monoisotopic (exact) mass is 210 g/mol. The van der Waals surface area contributed by atoms with Crippen LogP contribution in [0.5, 0.6) is 0 Å². The van der Waals surface area contributed by atoms with Gasteiger partial charge in [-0.1, -0.05) is 0 Å². The van der Waals surface area contributed by atoms with Gasteiger partial charge in [-0.25, -0.2) is 0 Å². The number of carbonyl (C=O) groups is 1. The molecule has 3 N–H and O–H groups in total. The van der Waals surface area contributed by atoms with Crippen LogP contribution in [0.3, 0.4) is 0 Å². The van der Waals surface area contributed by atoms with Gasteiger partial charge in [0, 0.05) is 12.4 Å². The van der Waals surface area contributed by atoms with Gasteiger partial charge in [0.15, 0.2) is 0 Å². The predicted molar refractivity (Wildman–Crippen MR) is 53.8 cm³/mol. The molecule has 0 aliphatic rings. The summed E-state index contributed by atoms with van der Waals surface area (Å²) in [6.07, 6.45) is 1.99. The van der Waals surface area contributed by atoms with Gasteiger partial charge in [-0.15, -0.1) is 0 Å². The summed E-state index contributed by atoms with van der Waals surface area (Å²) >= 11 is 0. The van der Waals surface area contributed by atoms with Crippen LogP contribution in [0, 0.1) is 0 Å². The molecule has 1 heterocycles. The van der Waals surface area contributed by atoms with E-state index in [-0.39, 0.29) is 6.61 Å². The zero-order valence-corrected chi connectivity index (χ0v) is 8.46. The third kappa shape index (κ3) is 3.00. The molecule has 1 aromatic heterocycles. The Morgan fingerprint density at radius 1 is 1.60 bits per heavy atom. The maximum atomic E-state index is 11.2. The van der Waals surface area contributed by atoms with Gasteiger partial charge in [-0.2, -0.15) is 0 Å². The van der Waals surface area contributed by atoms with Crippen LogP contribution in [-0.2, 0) is 9.53 Å². The second kappa shape index (κ2) is 5.43. The SMILES string of the molecule is CCOC(=O)[C@@H](N)[C@@H](O)c1ccncc1. The zero-order chi connectivity index (χ0) is 11.3. The van der Waals surface area contributed by atoms with Crippen LogP contribution < -0.4 is 5.73 Å². The topological polar surface area (TPSA) is 85.4 Å². The number of nitrogens with two attached hydrogens (primary N) is 1. The van der Waals surface area contributed by atoms with Crippen LogP contribution in [0.4, 0.5) is 0 Å². The van der Waals surface area contributed by atoms with Crippen LogP contribution in [0.25, 0.3) is 0 Å². The number of rotatable bonds is 4. The highest BCUT2D eigenvalue weighted by molar-refractivity contribution is 5.76. The maximum Gasteiger partial charge on any atom is 0.325 e. The van der Waals surface area contributed by atoms with E-state index in [2.05, 4.69) is 4.98 Å². The molecular formula is C10H14N2O3. The lowest BCUT2D eigenvalue weighted by molar-refractivity contribution is -0.147. The van der Waals surface area contributed by atoms with Crippen molar-refractivity contribution in [2.45, 2.75) is 19.1 Å². The van der Waals surface area contributed by atoms with E-state index in [0.29, 0.717) is 5.56 Å². The van der Waals surface area contributed by atoms with Gasteiger partial charge >= 0.3 is 5.97 Å². The summed E-state index contributed by atoms with van der Waals surface area (Å²) in [4.78, 5) is 15.0. The molecule has 0 aromatic carbocycles. The summed E-state index contributed by atoms with van der Waals surface area (Å²) in [5, 5.41) is 9.73. The molecule has 5 nitrogen and oxygen atoms in total. The molecule has 2 atom stereocenters. The van der Waals surface area contributed by atoms with E-state index >= 15 is 0 Å². The van der Waals surface area contributed by atoms with Crippen molar-refractivity contribution in [2.75, 3.05) is 6.61 Å². The second-order valence-electron chi connectivity index (χ2n) is 3.00. The number of hydrogen-bond donors (Lipinski definition) is 2. The number of esters is 1. The molecule has 1 aromatic rings. The first-order valence-electron chi connectivity index (χ1n) is 4.67. The highest BCUT2D eigenvalue weighted by Crippen LogP contribution is 2.14. The van der Waals surface area contributed by atoms with E-state index in [1.54, 1.807) is 19.1 Å². The summed E-state index contributed by atoms with van der Waals surface area (Å²) in [5.74, 6) is -0.609. The summed E-state index contributed by atoms with van der Waals surface area (Å²) in [7, 11) is 0. The van der Waals surface area contributed by atoms with E-state index in [1.165, 1.54) is 12.4 Å². The Balaban J connectivity index is 2.68. The average Bonchev–Trinajstić information content (AvgIpc) is 2.28. The van der Waals surface area contributed by atoms with E-state index in [9.17, 15) is 9.90 Å². The summed E-state index contributed by atoms with van der Waals surface area (Å²) < 4.78 is 4.71. The lowest BCUT2D eigenvalue weighted by atomic mass is 10.0. The highest BCUT2D eigenvalue weighted by Gasteiger charge is 2.24. The molecule has 0 spiro atoms. The van der Waals surface area contributed by atoms with Gasteiger partial charge in [-0.05, 0) is 24.6 Å². The first-order chi connectivity index (χ1) is 7.16. The van der Waals surface area contributed by atoms with Gasteiger partial charge in [0.1, 0.15) is 12.1 Å². The van der Waals surface area contributed by atoms with Crippen molar-refractivity contribution in [1.82, 2.24) is 4.98 Å². The Hall–Kier alpha value is -1.46. The van der Waals surface area contributed by atoms with Crippen molar-refractivity contribution >= 4 is 5.97 Å². The molecule has 0 saturated carbocycles. The van der Waals surface area contributed by atoms with Gasteiger partial charge in [0.2, 0.25) is 0 Å². The number of pyridine rings is 1. The molecule has 0 unspecified atom stereocenters. The van der Waals surface area contributed by atoms with Crippen molar-refractivity contribution < 1.29 is 14.6 Å². The number of carbonyl (C=O) groups excluding carboxylic acids is 1. The molecule has 0 aliphatic heterocycles. The lowest BCUT2D eigenvalue weighted by Gasteiger charge is -2.17. The fourth-order valence-electron chi connectivity index (χ4n) is 1.14. The Bertz CT molecular complexity index is 316. The molecule has 5 heteroatoms. The molecule has 0 radical (unpaired) electrons. The predicted octanol–water partition coefficient (Wildman–Crippen LogP) is 0.00540. The molecule has 1 rings (SSSR count). The van der Waals surface area contributed by atoms with E-state index in [4.69, 9.17) is 10.5 Å². The molecule has 0 fully saturated rings. The molecule has 15 heavy (non-hydrogen) atoms. The molecule has 82 valence electrons. The molecule has 0 saturated heterocycles. The fourth-order valence-corrected chi connectivity index (χ4v) is 1.14. The maximum absolute atomic E-state index is 11.2. The van der Waals surface area contributed by atoms with Crippen molar-refractivity contribution in [2.24, 2.45) is 5.73 Å². The number of hydrogen-bond acceptors (Lipinski definition) is 5. The first kappa shape index (κ1) is 11.6. The average molecular weight is 210 g/mol. The summed E-state index contributed by atoms with van der Waals surface area (Å²) in [6.45, 7) is 1.93. The minimum absolute atomic E-state index is 0.246. The Morgan fingerprint density at radius 2 is 2.20 bits per heavy atom. The third-order valence-corrected chi connectivity index (χ3v) is 1.95. The molecule has 0 bridgehead atoms. The van der Waals surface area contributed by atoms with E-state index in [0.717, 1.165) is 0 Å². The summed E-state index contributed by atoms with van der Waals surface area (Å²) in [5.41, 5.74) is 6.08. The normalized spacial score (nSPS) is 14.3. The molecular weight excluding hydrogens is 196 g/mol. The number of nitrogens with zero attached hydrogens (tertiary/aromatic N) is 1. The number of aliphatic hydroxyl groups excluding tert-OH is 1.